The third-order valence-corrected chi connectivity index (χ3v) is 7.45. The Kier molecular flexibility index (Phi) is 18.0. The maximum Gasteiger partial charge on any atom is 0.119 e. The Labute approximate surface area is 229 Å². The quantitative estimate of drug-likeness (QED) is 0.139. The molecule has 0 bridgehead atoms. The van der Waals surface area contributed by atoms with Crippen LogP contribution < -0.4 is 4.74 Å². The van der Waals surface area contributed by atoms with Gasteiger partial charge < -0.3 is 9.47 Å². The molecule has 0 N–H and O–H groups in total. The van der Waals surface area contributed by atoms with Gasteiger partial charge in [-0.15, -0.1) is 0 Å². The average Bonchev–Trinajstić information content (AvgIpc) is 2.93. The van der Waals surface area contributed by atoms with E-state index in [1.54, 1.807) is 0 Å². The van der Waals surface area contributed by atoms with Gasteiger partial charge in [0.15, 0.2) is 0 Å². The number of rotatable bonds is 23. The van der Waals surface area contributed by atoms with Gasteiger partial charge in [-0.3, -0.25) is 0 Å². The molecular weight excluding hydrogens is 452 g/mol. The fourth-order valence-corrected chi connectivity index (χ4v) is 4.89. The molecule has 0 spiro atoms. The molecule has 0 aliphatic carbocycles. The molecule has 2 heteroatoms. The van der Waals surface area contributed by atoms with Gasteiger partial charge in [-0.2, -0.15) is 0 Å². The second-order valence-corrected chi connectivity index (χ2v) is 10.8. The lowest BCUT2D eigenvalue weighted by molar-refractivity contribution is 0.0627. The van der Waals surface area contributed by atoms with Crippen LogP contribution in [-0.2, 0) is 4.74 Å². The van der Waals surface area contributed by atoms with Gasteiger partial charge in [0, 0.05) is 6.61 Å². The molecule has 1 atom stereocenters. The monoisotopic (exact) mass is 508 g/mol. The number of benzene rings is 2. The largest absolute Gasteiger partial charge is 0.494 e. The minimum absolute atomic E-state index is 0.148. The lowest BCUT2D eigenvalue weighted by Crippen LogP contribution is -2.01. The molecule has 2 aromatic carbocycles. The summed E-state index contributed by atoms with van der Waals surface area (Å²) in [5.74, 6) is 0.968. The summed E-state index contributed by atoms with van der Waals surface area (Å²) in [7, 11) is 0. The van der Waals surface area contributed by atoms with Crippen molar-refractivity contribution in [3.05, 3.63) is 54.1 Å². The summed E-state index contributed by atoms with van der Waals surface area (Å²) in [5, 5.41) is 0. The van der Waals surface area contributed by atoms with E-state index < -0.39 is 0 Å². The first-order valence-corrected chi connectivity index (χ1v) is 15.7. The van der Waals surface area contributed by atoms with Crippen molar-refractivity contribution < 1.29 is 9.47 Å². The molecule has 2 rings (SSSR count). The van der Waals surface area contributed by atoms with Gasteiger partial charge in [0.05, 0.1) is 12.7 Å². The topological polar surface area (TPSA) is 18.5 Å². The van der Waals surface area contributed by atoms with Crippen LogP contribution in [0.5, 0.6) is 5.75 Å². The number of hydrogen-bond donors (Lipinski definition) is 0. The predicted octanol–water partition coefficient (Wildman–Crippen LogP) is 11.5. The molecule has 0 aromatic heterocycles. The highest BCUT2D eigenvalue weighted by Crippen LogP contribution is 2.26. The summed E-state index contributed by atoms with van der Waals surface area (Å²) < 4.78 is 12.0. The standard InChI is InChI=1S/C35H56O2/c1-4-6-8-10-11-12-13-14-15-16-18-19-29-36-31(3)32-21-23-33(24-22-32)34-25-27-35(28-26-34)37-30-20-17-9-7-5-2/h21-28,31H,4-20,29-30H2,1-3H3. The number of ether oxygens (including phenoxy) is 2. The normalized spacial score (nSPS) is 12.1. The first-order chi connectivity index (χ1) is 18.2. The Balaban J connectivity index is 1.55. The summed E-state index contributed by atoms with van der Waals surface area (Å²) in [6, 6.07) is 17.4. The second-order valence-electron chi connectivity index (χ2n) is 10.8. The van der Waals surface area contributed by atoms with Crippen LogP contribution in [-0.4, -0.2) is 13.2 Å². The smallest absolute Gasteiger partial charge is 0.119 e. The van der Waals surface area contributed by atoms with Crippen LogP contribution in [0.3, 0.4) is 0 Å². The van der Waals surface area contributed by atoms with Crippen molar-refractivity contribution in [3.63, 3.8) is 0 Å². The van der Waals surface area contributed by atoms with Crippen LogP contribution >= 0.6 is 0 Å². The van der Waals surface area contributed by atoms with Crippen molar-refractivity contribution in [1.82, 2.24) is 0 Å². The molecule has 0 heterocycles. The SMILES string of the molecule is CCCCCCCCCCCCCCOC(C)c1ccc(-c2ccc(OCCCCCCC)cc2)cc1. The summed E-state index contributed by atoms with van der Waals surface area (Å²) in [5.41, 5.74) is 3.72. The van der Waals surface area contributed by atoms with Gasteiger partial charge in [0.2, 0.25) is 0 Å². The van der Waals surface area contributed by atoms with E-state index >= 15 is 0 Å². The van der Waals surface area contributed by atoms with E-state index in [-0.39, 0.29) is 6.10 Å². The summed E-state index contributed by atoms with van der Waals surface area (Å²) >= 11 is 0. The zero-order valence-corrected chi connectivity index (χ0v) is 24.4. The van der Waals surface area contributed by atoms with Gasteiger partial charge in [0.1, 0.15) is 5.75 Å². The maximum absolute atomic E-state index is 6.13. The van der Waals surface area contributed by atoms with Gasteiger partial charge in [-0.1, -0.05) is 147 Å². The lowest BCUT2D eigenvalue weighted by Gasteiger charge is -2.14. The van der Waals surface area contributed by atoms with E-state index in [2.05, 4.69) is 69.3 Å². The van der Waals surface area contributed by atoms with Crippen LogP contribution in [0.1, 0.15) is 142 Å². The van der Waals surface area contributed by atoms with Crippen LogP contribution in [0.15, 0.2) is 48.5 Å². The minimum atomic E-state index is 0.148. The molecule has 0 aliphatic rings. The Morgan fingerprint density at radius 3 is 1.38 bits per heavy atom. The van der Waals surface area contributed by atoms with Crippen molar-refractivity contribution in [1.29, 1.82) is 0 Å². The molecule has 37 heavy (non-hydrogen) atoms. The van der Waals surface area contributed by atoms with Gasteiger partial charge in [-0.05, 0) is 48.6 Å². The number of unbranched alkanes of at least 4 members (excludes halogenated alkanes) is 15. The zero-order chi connectivity index (χ0) is 26.4. The summed E-state index contributed by atoms with van der Waals surface area (Å²) in [6.45, 7) is 8.39. The van der Waals surface area contributed by atoms with E-state index in [9.17, 15) is 0 Å². The molecular formula is C35H56O2. The van der Waals surface area contributed by atoms with E-state index in [1.807, 2.05) is 0 Å². The third-order valence-electron chi connectivity index (χ3n) is 7.45. The highest BCUT2D eigenvalue weighted by atomic mass is 16.5. The highest BCUT2D eigenvalue weighted by molar-refractivity contribution is 5.64. The predicted molar refractivity (Wildman–Crippen MR) is 162 cm³/mol. The maximum atomic E-state index is 6.13. The van der Waals surface area contributed by atoms with E-state index in [0.29, 0.717) is 0 Å². The molecule has 0 saturated heterocycles. The summed E-state index contributed by atoms with van der Waals surface area (Å²) in [6.07, 6.45) is 23.0. The summed E-state index contributed by atoms with van der Waals surface area (Å²) in [4.78, 5) is 0. The molecule has 208 valence electrons. The van der Waals surface area contributed by atoms with Crippen molar-refractivity contribution >= 4 is 0 Å². The third kappa shape index (κ3) is 14.6. The molecule has 1 unspecified atom stereocenters. The van der Waals surface area contributed by atoms with Crippen molar-refractivity contribution in [2.45, 2.75) is 136 Å². The van der Waals surface area contributed by atoms with Crippen LogP contribution in [0.2, 0.25) is 0 Å². The van der Waals surface area contributed by atoms with Crippen molar-refractivity contribution in [2.75, 3.05) is 13.2 Å². The molecule has 0 amide bonds. The molecule has 0 fully saturated rings. The highest BCUT2D eigenvalue weighted by Gasteiger charge is 2.07. The number of hydrogen-bond acceptors (Lipinski definition) is 2. The van der Waals surface area contributed by atoms with Gasteiger partial charge in [0.25, 0.3) is 0 Å². The lowest BCUT2D eigenvalue weighted by atomic mass is 10.0. The Hall–Kier alpha value is -1.80. The van der Waals surface area contributed by atoms with Crippen LogP contribution in [0, 0.1) is 0 Å². The fourth-order valence-electron chi connectivity index (χ4n) is 4.89. The van der Waals surface area contributed by atoms with Gasteiger partial charge >= 0.3 is 0 Å². The van der Waals surface area contributed by atoms with E-state index in [1.165, 1.54) is 119 Å². The molecule has 2 aromatic rings. The Morgan fingerprint density at radius 1 is 0.486 bits per heavy atom. The van der Waals surface area contributed by atoms with Crippen LogP contribution in [0.4, 0.5) is 0 Å². The van der Waals surface area contributed by atoms with E-state index in [4.69, 9.17) is 9.47 Å². The van der Waals surface area contributed by atoms with Crippen LogP contribution in [0.25, 0.3) is 11.1 Å². The minimum Gasteiger partial charge on any atom is -0.494 e. The second kappa shape index (κ2) is 21.2. The zero-order valence-electron chi connectivity index (χ0n) is 24.4. The first-order valence-electron chi connectivity index (χ1n) is 15.7. The fraction of sp³-hybridized carbons (Fsp3) is 0.657. The first kappa shape index (κ1) is 31.4. The Bertz CT molecular complexity index is 765. The van der Waals surface area contributed by atoms with Crippen molar-refractivity contribution in [2.24, 2.45) is 0 Å². The Morgan fingerprint density at radius 2 is 0.892 bits per heavy atom. The average molecular weight is 509 g/mol. The van der Waals surface area contributed by atoms with E-state index in [0.717, 1.165) is 25.4 Å². The molecule has 2 nitrogen and oxygen atoms in total. The van der Waals surface area contributed by atoms with Gasteiger partial charge in [-0.25, -0.2) is 0 Å². The molecule has 0 saturated carbocycles. The molecule has 0 radical (unpaired) electrons. The van der Waals surface area contributed by atoms with Crippen molar-refractivity contribution in [3.8, 4) is 16.9 Å². The molecule has 0 aliphatic heterocycles.